The van der Waals surface area contributed by atoms with Crippen LogP contribution in [0.3, 0.4) is 0 Å². The van der Waals surface area contributed by atoms with E-state index in [2.05, 4.69) is 0 Å². The predicted molar refractivity (Wildman–Crippen MR) is 67.7 cm³/mol. The third-order valence-corrected chi connectivity index (χ3v) is 2.68. The van der Waals surface area contributed by atoms with Gasteiger partial charge >= 0.3 is 5.97 Å². The molecular formula is C14H13BrN2O3. The number of benzene rings is 1. The Hall–Kier alpha value is -2.21. The van der Waals surface area contributed by atoms with Crippen molar-refractivity contribution < 1.29 is 36.2 Å². The molecule has 104 valence electrons. The topological polar surface area (TPSA) is 84.3 Å². The van der Waals surface area contributed by atoms with E-state index in [4.69, 9.17) is 10.8 Å². The highest BCUT2D eigenvalue weighted by Gasteiger charge is 2.10. The lowest BCUT2D eigenvalue weighted by atomic mass is 10.1. The highest BCUT2D eigenvalue weighted by atomic mass is 79.9. The molecule has 0 radical (unpaired) electrons. The maximum atomic E-state index is 11.1. The summed E-state index contributed by atoms with van der Waals surface area (Å²) in [5.41, 5.74) is 6.75. The number of primary amides is 1. The molecular weight excluding hydrogens is 324 g/mol. The smallest absolute Gasteiger partial charge is 0.341 e. The van der Waals surface area contributed by atoms with Gasteiger partial charge in [0.25, 0.3) is 0 Å². The van der Waals surface area contributed by atoms with Gasteiger partial charge in [-0.2, -0.15) is 4.57 Å². The number of nitrogens with two attached hydrogens (primary N) is 1. The summed E-state index contributed by atoms with van der Waals surface area (Å²) < 4.78 is 1.74. The van der Waals surface area contributed by atoms with E-state index in [1.165, 1.54) is 6.07 Å². The van der Waals surface area contributed by atoms with Crippen LogP contribution in [0.4, 0.5) is 0 Å². The van der Waals surface area contributed by atoms with Crippen LogP contribution in [0, 0.1) is 0 Å². The monoisotopic (exact) mass is 336 g/mol. The third-order valence-electron chi connectivity index (χ3n) is 2.68. The summed E-state index contributed by atoms with van der Waals surface area (Å²) in [6, 6.07) is 10.1. The van der Waals surface area contributed by atoms with Crippen LogP contribution in [0.5, 0.6) is 0 Å². The average Bonchev–Trinajstić information content (AvgIpc) is 2.39. The van der Waals surface area contributed by atoms with E-state index in [0.29, 0.717) is 12.1 Å². The van der Waals surface area contributed by atoms with Crippen molar-refractivity contribution in [3.63, 3.8) is 0 Å². The molecule has 0 aliphatic heterocycles. The molecule has 0 saturated heterocycles. The third kappa shape index (κ3) is 3.89. The Morgan fingerprint density at radius 3 is 2.50 bits per heavy atom. The number of aromatic carboxylic acids is 1. The first-order chi connectivity index (χ1) is 9.06. The van der Waals surface area contributed by atoms with Crippen LogP contribution in [0.25, 0.3) is 0 Å². The summed E-state index contributed by atoms with van der Waals surface area (Å²) in [5, 5.41) is 8.92. The van der Waals surface area contributed by atoms with E-state index >= 15 is 0 Å². The molecule has 1 amide bonds. The number of aromatic nitrogens is 1. The first kappa shape index (κ1) is 15.8. The summed E-state index contributed by atoms with van der Waals surface area (Å²) in [7, 11) is 0. The minimum Gasteiger partial charge on any atom is -1.00 e. The Balaban J connectivity index is 0.00000200. The zero-order valence-electron chi connectivity index (χ0n) is 10.5. The van der Waals surface area contributed by atoms with Crippen LogP contribution in [0.1, 0.15) is 26.3 Å². The molecule has 2 aromatic rings. The molecule has 0 saturated carbocycles. The predicted octanol–water partition coefficient (Wildman–Crippen LogP) is -2.18. The fraction of sp³-hybridized carbons (Fsp3) is 0.0714. The van der Waals surface area contributed by atoms with Crippen LogP contribution < -0.4 is 27.3 Å². The van der Waals surface area contributed by atoms with E-state index in [-0.39, 0.29) is 22.5 Å². The first-order valence-corrected chi connectivity index (χ1v) is 5.67. The van der Waals surface area contributed by atoms with Crippen molar-refractivity contribution in [2.45, 2.75) is 6.54 Å². The molecule has 5 nitrogen and oxygen atoms in total. The summed E-state index contributed by atoms with van der Waals surface area (Å²) in [5.74, 6) is -1.45. The molecule has 1 heterocycles. The summed E-state index contributed by atoms with van der Waals surface area (Å²) in [4.78, 5) is 22.0. The molecule has 0 bridgehead atoms. The number of carboxylic acid groups (broad SMARTS) is 1. The van der Waals surface area contributed by atoms with E-state index in [9.17, 15) is 9.59 Å². The molecule has 1 aromatic heterocycles. The van der Waals surface area contributed by atoms with Crippen LogP contribution in [0.15, 0.2) is 48.8 Å². The Morgan fingerprint density at radius 2 is 1.85 bits per heavy atom. The van der Waals surface area contributed by atoms with Crippen molar-refractivity contribution >= 4 is 11.9 Å². The van der Waals surface area contributed by atoms with Gasteiger partial charge in [0.2, 0.25) is 5.91 Å². The molecule has 2 rings (SSSR count). The van der Waals surface area contributed by atoms with Crippen molar-refractivity contribution in [1.29, 1.82) is 0 Å². The number of hydrogen-bond acceptors (Lipinski definition) is 2. The quantitative estimate of drug-likeness (QED) is 0.623. The second kappa shape index (κ2) is 6.81. The summed E-state index contributed by atoms with van der Waals surface area (Å²) in [6.07, 6.45) is 3.31. The highest BCUT2D eigenvalue weighted by molar-refractivity contribution is 5.92. The Labute approximate surface area is 126 Å². The lowest BCUT2D eigenvalue weighted by molar-refractivity contribution is -0.688. The number of nitrogens with zero attached hydrogens (tertiary/aromatic N) is 1. The maximum absolute atomic E-state index is 11.1. The highest BCUT2D eigenvalue weighted by Crippen LogP contribution is 2.04. The van der Waals surface area contributed by atoms with Gasteiger partial charge in [-0.25, -0.2) is 4.79 Å². The summed E-state index contributed by atoms with van der Waals surface area (Å²) in [6.45, 7) is 0.474. The van der Waals surface area contributed by atoms with Gasteiger partial charge in [-0.3, -0.25) is 4.79 Å². The molecule has 6 heteroatoms. The fourth-order valence-electron chi connectivity index (χ4n) is 1.78. The Kier molecular flexibility index (Phi) is 5.40. The number of amides is 1. The SMILES string of the molecule is NC(=O)c1cccc(C[n+]2cccc(C(=O)O)c2)c1.[Br-]. The standard InChI is InChI=1S/C14H12N2O3.BrH/c15-13(17)11-4-1-3-10(7-11)8-16-6-2-5-12(9-16)14(18)19;/h1-7,9H,8H2,(H2-,15,17,18,19);1H. The van der Waals surface area contributed by atoms with Crippen molar-refractivity contribution in [1.82, 2.24) is 0 Å². The Morgan fingerprint density at radius 1 is 1.15 bits per heavy atom. The van der Waals surface area contributed by atoms with Crippen LogP contribution >= 0.6 is 0 Å². The molecule has 3 N–H and O–H groups in total. The molecule has 0 atom stereocenters. The lowest BCUT2D eigenvalue weighted by Gasteiger charge is -2.01. The van der Waals surface area contributed by atoms with Crippen molar-refractivity contribution in [2.75, 3.05) is 0 Å². The molecule has 0 unspecified atom stereocenters. The van der Waals surface area contributed by atoms with Gasteiger partial charge in [0.05, 0.1) is 0 Å². The van der Waals surface area contributed by atoms with Crippen LogP contribution in [-0.4, -0.2) is 17.0 Å². The number of halogens is 1. The average molecular weight is 337 g/mol. The van der Waals surface area contributed by atoms with E-state index in [1.54, 1.807) is 41.2 Å². The normalized spacial score (nSPS) is 9.60. The van der Waals surface area contributed by atoms with Gasteiger partial charge in [-0.1, -0.05) is 12.1 Å². The zero-order chi connectivity index (χ0) is 13.8. The second-order valence-corrected chi connectivity index (χ2v) is 4.13. The number of carbonyl (C=O) groups is 2. The maximum Gasteiger partial charge on any atom is 0.341 e. The largest absolute Gasteiger partial charge is 1.00 e. The van der Waals surface area contributed by atoms with Crippen LogP contribution in [0.2, 0.25) is 0 Å². The molecule has 1 aromatic carbocycles. The summed E-state index contributed by atoms with van der Waals surface area (Å²) >= 11 is 0. The lowest BCUT2D eigenvalue weighted by Crippen LogP contribution is -3.00. The zero-order valence-corrected chi connectivity index (χ0v) is 12.1. The van der Waals surface area contributed by atoms with Crippen molar-refractivity contribution in [2.24, 2.45) is 5.73 Å². The number of rotatable bonds is 4. The number of hydrogen-bond donors (Lipinski definition) is 2. The van der Waals surface area contributed by atoms with E-state index in [1.807, 2.05) is 6.07 Å². The van der Waals surface area contributed by atoms with Crippen molar-refractivity contribution in [3.05, 3.63) is 65.5 Å². The Bertz CT molecular complexity index is 588. The minimum atomic E-state index is -0.972. The van der Waals surface area contributed by atoms with Gasteiger partial charge in [0, 0.05) is 17.2 Å². The number of carbonyl (C=O) groups excluding carboxylic acids is 1. The molecule has 0 fully saturated rings. The number of carboxylic acids is 1. The second-order valence-electron chi connectivity index (χ2n) is 4.13. The fourth-order valence-corrected chi connectivity index (χ4v) is 1.78. The van der Waals surface area contributed by atoms with Gasteiger partial charge < -0.3 is 27.8 Å². The molecule has 0 spiro atoms. The molecule has 20 heavy (non-hydrogen) atoms. The van der Waals surface area contributed by atoms with Gasteiger partial charge in [-0.15, -0.1) is 0 Å². The minimum absolute atomic E-state index is 0. The number of pyridine rings is 1. The molecule has 0 aliphatic carbocycles. The van der Waals surface area contributed by atoms with E-state index in [0.717, 1.165) is 5.56 Å². The van der Waals surface area contributed by atoms with Crippen LogP contribution in [-0.2, 0) is 6.54 Å². The van der Waals surface area contributed by atoms with Gasteiger partial charge in [0.1, 0.15) is 5.56 Å². The molecule has 0 aliphatic rings. The first-order valence-electron chi connectivity index (χ1n) is 5.67. The van der Waals surface area contributed by atoms with Crippen molar-refractivity contribution in [3.8, 4) is 0 Å². The van der Waals surface area contributed by atoms with Gasteiger partial charge in [-0.05, 0) is 18.2 Å². The van der Waals surface area contributed by atoms with Gasteiger partial charge in [0.15, 0.2) is 18.9 Å². The van der Waals surface area contributed by atoms with E-state index < -0.39 is 11.9 Å².